The van der Waals surface area contributed by atoms with Crippen molar-refractivity contribution in [2.75, 3.05) is 0 Å². The summed E-state index contributed by atoms with van der Waals surface area (Å²) in [5.41, 5.74) is 3.28. The predicted octanol–water partition coefficient (Wildman–Crippen LogP) is 1.74. The highest BCUT2D eigenvalue weighted by molar-refractivity contribution is 6.31. The number of nitrogen functional groups attached to an aromatic ring is 1. The summed E-state index contributed by atoms with van der Waals surface area (Å²) in [5.74, 6) is 5.29. The molecule has 1 amide bonds. The standard InChI is InChI=1S/C13H15ClN4O2/c1-2-9-7-10(3-4-11(9)14)20-8-18-6-5-12(17-18)13(19)16-15/h3-7H,2,8,15H2,1H3,(H,16,19). The van der Waals surface area contributed by atoms with Crippen LogP contribution in [-0.2, 0) is 13.2 Å². The molecule has 2 rings (SSSR count). The number of amides is 1. The molecule has 0 fully saturated rings. The van der Waals surface area contributed by atoms with E-state index >= 15 is 0 Å². The van der Waals surface area contributed by atoms with Crippen LogP contribution in [0.3, 0.4) is 0 Å². The third-order valence-corrected chi connectivity index (χ3v) is 3.13. The lowest BCUT2D eigenvalue weighted by Gasteiger charge is -2.08. The number of carbonyl (C=O) groups excluding carboxylic acids is 1. The van der Waals surface area contributed by atoms with Crippen molar-refractivity contribution in [3.8, 4) is 5.75 Å². The van der Waals surface area contributed by atoms with Gasteiger partial charge in [0.25, 0.3) is 5.91 Å². The Hall–Kier alpha value is -2.05. The number of nitrogens with two attached hydrogens (primary N) is 1. The van der Waals surface area contributed by atoms with Crippen LogP contribution in [-0.4, -0.2) is 15.7 Å². The minimum atomic E-state index is -0.441. The summed E-state index contributed by atoms with van der Waals surface area (Å²) >= 11 is 6.04. The number of hydrazine groups is 1. The second-order valence-corrected chi connectivity index (χ2v) is 4.50. The second-order valence-electron chi connectivity index (χ2n) is 4.09. The van der Waals surface area contributed by atoms with Gasteiger partial charge in [-0.3, -0.25) is 10.2 Å². The van der Waals surface area contributed by atoms with Gasteiger partial charge in [0.2, 0.25) is 0 Å². The molecule has 0 saturated heterocycles. The topological polar surface area (TPSA) is 82.2 Å². The Balaban J connectivity index is 2.01. The van der Waals surface area contributed by atoms with Gasteiger partial charge in [0, 0.05) is 11.2 Å². The lowest BCUT2D eigenvalue weighted by atomic mass is 10.2. The van der Waals surface area contributed by atoms with Gasteiger partial charge in [-0.15, -0.1) is 0 Å². The Labute approximate surface area is 121 Å². The fraction of sp³-hybridized carbons (Fsp3) is 0.231. The minimum Gasteiger partial charge on any atom is -0.471 e. The van der Waals surface area contributed by atoms with Crippen molar-refractivity contribution in [1.29, 1.82) is 0 Å². The molecule has 0 spiro atoms. The number of ether oxygens (including phenoxy) is 1. The van der Waals surface area contributed by atoms with Crippen LogP contribution in [0.15, 0.2) is 30.5 Å². The van der Waals surface area contributed by atoms with Crippen LogP contribution >= 0.6 is 11.6 Å². The van der Waals surface area contributed by atoms with E-state index in [1.54, 1.807) is 24.4 Å². The van der Waals surface area contributed by atoms with Crippen molar-refractivity contribution in [2.24, 2.45) is 5.84 Å². The molecule has 0 bridgehead atoms. The van der Waals surface area contributed by atoms with Gasteiger partial charge in [-0.2, -0.15) is 5.10 Å². The van der Waals surface area contributed by atoms with Crippen LogP contribution < -0.4 is 16.0 Å². The molecule has 1 aromatic carbocycles. The Morgan fingerprint density at radius 2 is 2.30 bits per heavy atom. The fourth-order valence-electron chi connectivity index (χ4n) is 1.68. The average Bonchev–Trinajstić information content (AvgIpc) is 2.94. The third-order valence-electron chi connectivity index (χ3n) is 2.77. The number of hydrogen-bond donors (Lipinski definition) is 2. The lowest BCUT2D eigenvalue weighted by Crippen LogP contribution is -2.30. The van der Waals surface area contributed by atoms with E-state index in [1.807, 2.05) is 18.4 Å². The molecule has 20 heavy (non-hydrogen) atoms. The van der Waals surface area contributed by atoms with Gasteiger partial charge >= 0.3 is 0 Å². The van der Waals surface area contributed by atoms with E-state index in [-0.39, 0.29) is 12.4 Å². The highest BCUT2D eigenvalue weighted by atomic mass is 35.5. The summed E-state index contributed by atoms with van der Waals surface area (Å²) in [7, 11) is 0. The van der Waals surface area contributed by atoms with Gasteiger partial charge in [-0.25, -0.2) is 10.5 Å². The monoisotopic (exact) mass is 294 g/mol. The van der Waals surface area contributed by atoms with E-state index in [9.17, 15) is 4.79 Å². The van der Waals surface area contributed by atoms with Crippen LogP contribution in [0, 0.1) is 0 Å². The number of nitrogens with zero attached hydrogens (tertiary/aromatic N) is 2. The maximum Gasteiger partial charge on any atom is 0.285 e. The zero-order valence-electron chi connectivity index (χ0n) is 11.0. The Bertz CT molecular complexity index is 612. The van der Waals surface area contributed by atoms with Gasteiger partial charge in [0.05, 0.1) is 0 Å². The van der Waals surface area contributed by atoms with Crippen LogP contribution in [0.25, 0.3) is 0 Å². The molecular weight excluding hydrogens is 280 g/mol. The number of aromatic nitrogens is 2. The molecular formula is C13H15ClN4O2. The van der Waals surface area contributed by atoms with E-state index in [1.165, 1.54) is 4.68 Å². The summed E-state index contributed by atoms with van der Waals surface area (Å²) in [6.45, 7) is 2.22. The largest absolute Gasteiger partial charge is 0.471 e. The molecule has 0 aliphatic carbocycles. The molecule has 1 aromatic heterocycles. The third kappa shape index (κ3) is 3.28. The lowest BCUT2D eigenvalue weighted by molar-refractivity contribution is 0.0946. The van der Waals surface area contributed by atoms with Crippen molar-refractivity contribution >= 4 is 17.5 Å². The van der Waals surface area contributed by atoms with E-state index in [4.69, 9.17) is 22.2 Å². The Kier molecular flexibility index (Phi) is 4.60. The first-order valence-corrected chi connectivity index (χ1v) is 6.47. The molecule has 0 radical (unpaired) electrons. The Morgan fingerprint density at radius 1 is 1.50 bits per heavy atom. The van der Waals surface area contributed by atoms with Crippen LogP contribution in [0.5, 0.6) is 5.75 Å². The first-order valence-electron chi connectivity index (χ1n) is 6.09. The predicted molar refractivity (Wildman–Crippen MR) is 75.3 cm³/mol. The van der Waals surface area contributed by atoms with Crippen LogP contribution in [0.4, 0.5) is 0 Å². The van der Waals surface area contributed by atoms with Gasteiger partial charge in [0.15, 0.2) is 12.4 Å². The summed E-state index contributed by atoms with van der Waals surface area (Å²) in [6.07, 6.45) is 2.47. The molecule has 0 aliphatic heterocycles. The maximum atomic E-state index is 11.3. The quantitative estimate of drug-likeness (QED) is 0.500. The summed E-state index contributed by atoms with van der Waals surface area (Å²) < 4.78 is 7.10. The Morgan fingerprint density at radius 3 is 3.00 bits per heavy atom. The molecule has 106 valence electrons. The normalized spacial score (nSPS) is 10.3. The van der Waals surface area contributed by atoms with Crippen molar-refractivity contribution < 1.29 is 9.53 Å². The highest BCUT2D eigenvalue weighted by Gasteiger charge is 2.07. The van der Waals surface area contributed by atoms with E-state index in [2.05, 4.69) is 5.10 Å². The van der Waals surface area contributed by atoms with Crippen molar-refractivity contribution in [2.45, 2.75) is 20.1 Å². The first kappa shape index (κ1) is 14.4. The summed E-state index contributed by atoms with van der Waals surface area (Å²) in [4.78, 5) is 11.3. The second kappa shape index (κ2) is 6.40. The summed E-state index contributed by atoms with van der Waals surface area (Å²) in [6, 6.07) is 7.04. The van der Waals surface area contributed by atoms with Crippen molar-refractivity contribution in [3.05, 3.63) is 46.7 Å². The number of nitrogens with one attached hydrogen (secondary N) is 1. The number of aryl methyl sites for hydroxylation is 1. The van der Waals surface area contributed by atoms with Gasteiger partial charge in [-0.05, 0) is 36.2 Å². The number of halogens is 1. The maximum absolute atomic E-state index is 11.3. The van der Waals surface area contributed by atoms with Gasteiger partial charge in [-0.1, -0.05) is 18.5 Å². The van der Waals surface area contributed by atoms with E-state index in [0.717, 1.165) is 17.0 Å². The average molecular weight is 295 g/mol. The van der Waals surface area contributed by atoms with E-state index < -0.39 is 5.91 Å². The summed E-state index contributed by atoms with van der Waals surface area (Å²) in [5, 5.41) is 4.75. The molecule has 0 aliphatic rings. The molecule has 6 nitrogen and oxygen atoms in total. The molecule has 0 saturated carbocycles. The van der Waals surface area contributed by atoms with Crippen LogP contribution in [0.2, 0.25) is 5.02 Å². The SMILES string of the molecule is CCc1cc(OCn2ccc(C(=O)NN)n2)ccc1Cl. The zero-order valence-corrected chi connectivity index (χ0v) is 11.7. The number of rotatable bonds is 5. The van der Waals surface area contributed by atoms with Gasteiger partial charge < -0.3 is 4.74 Å². The molecule has 2 aromatic rings. The zero-order chi connectivity index (χ0) is 14.5. The highest BCUT2D eigenvalue weighted by Crippen LogP contribution is 2.22. The molecule has 3 N–H and O–H groups in total. The molecule has 1 heterocycles. The minimum absolute atomic E-state index is 0.197. The number of benzene rings is 1. The smallest absolute Gasteiger partial charge is 0.285 e. The fourth-order valence-corrected chi connectivity index (χ4v) is 1.93. The molecule has 7 heteroatoms. The number of hydrogen-bond acceptors (Lipinski definition) is 4. The number of carbonyl (C=O) groups is 1. The molecule has 0 unspecified atom stereocenters. The van der Waals surface area contributed by atoms with Crippen molar-refractivity contribution in [1.82, 2.24) is 15.2 Å². The van der Waals surface area contributed by atoms with E-state index in [0.29, 0.717) is 5.75 Å². The van der Waals surface area contributed by atoms with Crippen LogP contribution in [0.1, 0.15) is 23.0 Å². The van der Waals surface area contributed by atoms with Gasteiger partial charge in [0.1, 0.15) is 5.75 Å². The first-order chi connectivity index (χ1) is 9.63. The molecule has 0 atom stereocenters. The van der Waals surface area contributed by atoms with Crippen molar-refractivity contribution in [3.63, 3.8) is 0 Å².